The van der Waals surface area contributed by atoms with Crippen molar-refractivity contribution in [3.05, 3.63) is 0 Å². The first-order chi connectivity index (χ1) is 6.11. The van der Waals surface area contributed by atoms with Crippen molar-refractivity contribution in [1.29, 1.82) is 0 Å². The van der Waals surface area contributed by atoms with Crippen LogP contribution in [0.1, 0.15) is 39.5 Å². The molecule has 0 aromatic rings. The lowest BCUT2D eigenvalue weighted by molar-refractivity contribution is 0.189. The highest BCUT2D eigenvalue weighted by atomic mass is 15.3. The fraction of sp³-hybridized carbons (Fsp3) is 0.900. The van der Waals surface area contributed by atoms with Crippen molar-refractivity contribution in [2.24, 2.45) is 22.2 Å². The molecular formula is C10H21N3. The van der Waals surface area contributed by atoms with Crippen molar-refractivity contribution in [1.82, 2.24) is 5.43 Å². The monoisotopic (exact) mass is 183 g/mol. The first kappa shape index (κ1) is 10.5. The van der Waals surface area contributed by atoms with Gasteiger partial charge in [-0.1, -0.05) is 26.7 Å². The SMILES string of the molecule is CN=C(NN)C1CCCCC1(C)C. The molecule has 1 rings (SSSR count). The van der Waals surface area contributed by atoms with Crippen molar-refractivity contribution < 1.29 is 0 Å². The standard InChI is InChI=1S/C10H21N3/c1-10(2)7-5-4-6-8(10)9(12-3)13-11/h8H,4-7,11H2,1-3H3,(H,12,13). The number of amidine groups is 1. The molecule has 3 heteroatoms. The van der Waals surface area contributed by atoms with Crippen LogP contribution in [0, 0.1) is 11.3 Å². The Morgan fingerprint density at radius 1 is 1.46 bits per heavy atom. The van der Waals surface area contributed by atoms with Gasteiger partial charge in [-0.25, -0.2) is 5.84 Å². The Bertz CT molecular complexity index is 196. The number of hydrazine groups is 1. The van der Waals surface area contributed by atoms with E-state index in [0.717, 1.165) is 5.84 Å². The third-order valence-electron chi connectivity index (χ3n) is 3.23. The van der Waals surface area contributed by atoms with Crippen LogP contribution >= 0.6 is 0 Å². The van der Waals surface area contributed by atoms with Gasteiger partial charge in [-0.2, -0.15) is 0 Å². The largest absolute Gasteiger partial charge is 0.312 e. The molecule has 1 aliphatic carbocycles. The van der Waals surface area contributed by atoms with Gasteiger partial charge in [-0.15, -0.1) is 0 Å². The maximum Gasteiger partial charge on any atom is 0.114 e. The molecule has 0 saturated heterocycles. The number of aliphatic imine (C=N–C) groups is 1. The van der Waals surface area contributed by atoms with Crippen molar-refractivity contribution in [3.63, 3.8) is 0 Å². The molecule has 3 nitrogen and oxygen atoms in total. The van der Waals surface area contributed by atoms with Crippen molar-refractivity contribution in [3.8, 4) is 0 Å². The molecule has 1 atom stereocenters. The van der Waals surface area contributed by atoms with Gasteiger partial charge < -0.3 is 5.43 Å². The summed E-state index contributed by atoms with van der Waals surface area (Å²) in [6.45, 7) is 4.61. The van der Waals surface area contributed by atoms with E-state index in [1.807, 2.05) is 0 Å². The van der Waals surface area contributed by atoms with Crippen LogP contribution < -0.4 is 11.3 Å². The second kappa shape index (κ2) is 4.09. The zero-order chi connectivity index (χ0) is 9.90. The smallest absolute Gasteiger partial charge is 0.114 e. The molecule has 0 aromatic carbocycles. The minimum Gasteiger partial charge on any atom is -0.312 e. The molecule has 0 radical (unpaired) electrons. The summed E-state index contributed by atoms with van der Waals surface area (Å²) in [5, 5.41) is 0. The summed E-state index contributed by atoms with van der Waals surface area (Å²) < 4.78 is 0. The molecule has 1 fully saturated rings. The Kier molecular flexibility index (Phi) is 3.31. The number of hydrogen-bond donors (Lipinski definition) is 2. The highest BCUT2D eigenvalue weighted by molar-refractivity contribution is 5.84. The summed E-state index contributed by atoms with van der Waals surface area (Å²) in [5.74, 6) is 6.93. The van der Waals surface area contributed by atoms with Crippen LogP contribution in [0.25, 0.3) is 0 Å². The van der Waals surface area contributed by atoms with E-state index in [0.29, 0.717) is 11.3 Å². The van der Waals surface area contributed by atoms with E-state index in [2.05, 4.69) is 24.3 Å². The second-order valence-electron chi connectivity index (χ2n) is 4.54. The van der Waals surface area contributed by atoms with Gasteiger partial charge in [0.05, 0.1) is 0 Å². The van der Waals surface area contributed by atoms with Crippen molar-refractivity contribution >= 4 is 5.84 Å². The molecule has 0 aromatic heterocycles. The molecule has 1 saturated carbocycles. The van der Waals surface area contributed by atoms with E-state index in [-0.39, 0.29) is 0 Å². The molecule has 0 heterocycles. The van der Waals surface area contributed by atoms with Crippen LogP contribution in [0.2, 0.25) is 0 Å². The van der Waals surface area contributed by atoms with E-state index in [9.17, 15) is 0 Å². The van der Waals surface area contributed by atoms with Gasteiger partial charge in [0, 0.05) is 13.0 Å². The fourth-order valence-corrected chi connectivity index (χ4v) is 2.32. The molecule has 1 aliphatic rings. The Hall–Kier alpha value is -0.570. The molecule has 76 valence electrons. The summed E-state index contributed by atoms with van der Waals surface area (Å²) >= 11 is 0. The van der Waals surface area contributed by atoms with Crippen molar-refractivity contribution in [2.45, 2.75) is 39.5 Å². The Morgan fingerprint density at radius 2 is 2.15 bits per heavy atom. The summed E-state index contributed by atoms with van der Waals surface area (Å²) in [6.07, 6.45) is 5.13. The van der Waals surface area contributed by atoms with E-state index in [1.54, 1.807) is 7.05 Å². The average molecular weight is 183 g/mol. The lowest BCUT2D eigenvalue weighted by Crippen LogP contribution is -2.44. The van der Waals surface area contributed by atoms with Crippen LogP contribution in [-0.2, 0) is 0 Å². The summed E-state index contributed by atoms with van der Waals surface area (Å²) in [5.41, 5.74) is 3.07. The first-order valence-corrected chi connectivity index (χ1v) is 5.05. The molecule has 13 heavy (non-hydrogen) atoms. The minimum absolute atomic E-state index is 0.347. The number of nitrogens with zero attached hydrogens (tertiary/aromatic N) is 1. The average Bonchev–Trinajstić information content (AvgIpc) is 2.09. The van der Waals surface area contributed by atoms with Gasteiger partial charge in [-0.05, 0) is 18.3 Å². The molecule has 0 spiro atoms. The van der Waals surface area contributed by atoms with Gasteiger partial charge in [0.25, 0.3) is 0 Å². The zero-order valence-electron chi connectivity index (χ0n) is 8.93. The third-order valence-corrected chi connectivity index (χ3v) is 3.23. The lowest BCUT2D eigenvalue weighted by Gasteiger charge is -2.38. The van der Waals surface area contributed by atoms with Crippen LogP contribution in [0.5, 0.6) is 0 Å². The number of hydrogen-bond acceptors (Lipinski definition) is 2. The van der Waals surface area contributed by atoms with Crippen LogP contribution in [-0.4, -0.2) is 12.9 Å². The second-order valence-corrected chi connectivity index (χ2v) is 4.54. The molecule has 3 N–H and O–H groups in total. The van der Waals surface area contributed by atoms with Gasteiger partial charge >= 0.3 is 0 Å². The predicted octanol–water partition coefficient (Wildman–Crippen LogP) is 1.69. The summed E-state index contributed by atoms with van der Waals surface area (Å²) in [6, 6.07) is 0. The zero-order valence-corrected chi connectivity index (χ0v) is 8.93. The van der Waals surface area contributed by atoms with Gasteiger partial charge in [0.2, 0.25) is 0 Å². The van der Waals surface area contributed by atoms with Crippen LogP contribution in [0.4, 0.5) is 0 Å². The number of rotatable bonds is 1. The maximum absolute atomic E-state index is 5.45. The van der Waals surface area contributed by atoms with Crippen LogP contribution in [0.3, 0.4) is 0 Å². The van der Waals surface area contributed by atoms with Gasteiger partial charge in [0.15, 0.2) is 0 Å². The summed E-state index contributed by atoms with van der Waals surface area (Å²) in [4.78, 5) is 4.21. The Morgan fingerprint density at radius 3 is 2.62 bits per heavy atom. The number of nitrogens with one attached hydrogen (secondary N) is 1. The number of nitrogens with two attached hydrogens (primary N) is 1. The Labute approximate surface area is 80.8 Å². The lowest BCUT2D eigenvalue weighted by atomic mass is 9.68. The molecule has 1 unspecified atom stereocenters. The third kappa shape index (κ3) is 2.21. The topological polar surface area (TPSA) is 50.4 Å². The highest BCUT2D eigenvalue weighted by Crippen LogP contribution is 2.40. The van der Waals surface area contributed by atoms with Gasteiger partial charge in [-0.3, -0.25) is 4.99 Å². The van der Waals surface area contributed by atoms with Gasteiger partial charge in [0.1, 0.15) is 5.84 Å². The molecule has 0 aliphatic heterocycles. The van der Waals surface area contributed by atoms with E-state index >= 15 is 0 Å². The predicted molar refractivity (Wildman–Crippen MR) is 56.4 cm³/mol. The molecule has 0 amide bonds. The summed E-state index contributed by atoms with van der Waals surface area (Å²) in [7, 11) is 1.81. The van der Waals surface area contributed by atoms with Crippen LogP contribution in [0.15, 0.2) is 4.99 Å². The maximum atomic E-state index is 5.45. The minimum atomic E-state index is 0.347. The highest BCUT2D eigenvalue weighted by Gasteiger charge is 2.35. The van der Waals surface area contributed by atoms with Crippen molar-refractivity contribution in [2.75, 3.05) is 7.05 Å². The quantitative estimate of drug-likeness (QED) is 0.281. The van der Waals surface area contributed by atoms with E-state index in [1.165, 1.54) is 25.7 Å². The van der Waals surface area contributed by atoms with E-state index in [4.69, 9.17) is 5.84 Å². The molecular weight excluding hydrogens is 162 g/mol. The Balaban J connectivity index is 2.75. The van der Waals surface area contributed by atoms with E-state index < -0.39 is 0 Å². The first-order valence-electron chi connectivity index (χ1n) is 5.05. The fourth-order valence-electron chi connectivity index (χ4n) is 2.32. The normalized spacial score (nSPS) is 28.6. The molecule has 0 bridgehead atoms.